The van der Waals surface area contributed by atoms with Crippen LogP contribution in [0.3, 0.4) is 0 Å². The summed E-state index contributed by atoms with van der Waals surface area (Å²) in [6.07, 6.45) is 67.8. The molecule has 0 saturated heterocycles. The number of hydrogen-bond donors (Lipinski definition) is 0. The van der Waals surface area contributed by atoms with Gasteiger partial charge in [-0.15, -0.1) is 0 Å². The Labute approximate surface area is 385 Å². The molecule has 0 amide bonds. The van der Waals surface area contributed by atoms with Crippen LogP contribution < -0.4 is 0 Å². The van der Waals surface area contributed by atoms with E-state index >= 15 is 0 Å². The zero-order valence-electron chi connectivity index (χ0n) is 41.1. The Morgan fingerprint density at radius 2 is 0.758 bits per heavy atom. The normalized spacial score (nSPS) is 12.8. The van der Waals surface area contributed by atoms with E-state index in [1.807, 2.05) is 6.08 Å². The highest BCUT2D eigenvalue weighted by Crippen LogP contribution is 2.15. The number of hydrogen-bond acceptors (Lipinski definition) is 5. The van der Waals surface area contributed by atoms with Crippen LogP contribution in [0, 0.1) is 0 Å². The number of ether oxygens (including phenoxy) is 3. The fraction of sp³-hybridized carbons (Fsp3) is 0.754. The molecule has 0 aromatic rings. The van der Waals surface area contributed by atoms with Crippen molar-refractivity contribution < 1.29 is 23.8 Å². The second-order valence-electron chi connectivity index (χ2n) is 17.4. The maximum Gasteiger partial charge on any atom is 0.306 e. The molecule has 0 aliphatic rings. The Morgan fingerprint density at radius 1 is 0.371 bits per heavy atom. The maximum absolute atomic E-state index is 12.8. The van der Waals surface area contributed by atoms with Gasteiger partial charge in [-0.25, -0.2) is 0 Å². The van der Waals surface area contributed by atoms with Crippen molar-refractivity contribution in [1.82, 2.24) is 0 Å². The molecular formula is C57H100O5. The third-order valence-electron chi connectivity index (χ3n) is 11.2. The van der Waals surface area contributed by atoms with Crippen LogP contribution >= 0.6 is 0 Å². The molecule has 5 nitrogen and oxygen atoms in total. The molecule has 0 fully saturated rings. The molecule has 0 N–H and O–H groups in total. The molecule has 1 atom stereocenters. The lowest BCUT2D eigenvalue weighted by molar-refractivity contribution is -0.162. The number of esters is 2. The summed E-state index contributed by atoms with van der Waals surface area (Å²) in [7, 11) is 0. The van der Waals surface area contributed by atoms with Crippen molar-refractivity contribution in [2.45, 2.75) is 258 Å². The first-order chi connectivity index (χ1) is 30.6. The molecule has 5 heteroatoms. The zero-order valence-corrected chi connectivity index (χ0v) is 41.1. The first kappa shape index (κ1) is 59.3. The molecule has 358 valence electrons. The highest BCUT2D eigenvalue weighted by atomic mass is 16.6. The van der Waals surface area contributed by atoms with Crippen molar-refractivity contribution in [3.05, 3.63) is 72.9 Å². The Hall–Kier alpha value is -2.66. The Kier molecular flexibility index (Phi) is 50.4. The summed E-state index contributed by atoms with van der Waals surface area (Å²) in [5.74, 6) is -0.493. The summed E-state index contributed by atoms with van der Waals surface area (Å²) in [6, 6.07) is 0. The zero-order chi connectivity index (χ0) is 44.9. The number of rotatable bonds is 48. The van der Waals surface area contributed by atoms with Gasteiger partial charge in [0.2, 0.25) is 0 Å². The highest BCUT2D eigenvalue weighted by Gasteiger charge is 2.17. The van der Waals surface area contributed by atoms with Crippen molar-refractivity contribution >= 4 is 11.9 Å². The number of unbranched alkanes of at least 4 members (excludes halogenated alkanes) is 25. The van der Waals surface area contributed by atoms with Gasteiger partial charge >= 0.3 is 11.9 Å². The van der Waals surface area contributed by atoms with Crippen LogP contribution in [0.4, 0.5) is 0 Å². The van der Waals surface area contributed by atoms with Gasteiger partial charge in [0.05, 0.1) is 6.61 Å². The second-order valence-corrected chi connectivity index (χ2v) is 17.4. The topological polar surface area (TPSA) is 61.8 Å². The van der Waals surface area contributed by atoms with Crippen LogP contribution in [0.15, 0.2) is 72.9 Å². The summed E-state index contributed by atoms with van der Waals surface area (Å²) >= 11 is 0. The van der Waals surface area contributed by atoms with E-state index in [1.54, 1.807) is 0 Å². The Morgan fingerprint density at radius 3 is 1.26 bits per heavy atom. The molecule has 0 radical (unpaired) electrons. The minimum atomic E-state index is -0.577. The van der Waals surface area contributed by atoms with Crippen molar-refractivity contribution in [2.75, 3.05) is 19.8 Å². The largest absolute Gasteiger partial charge is 0.462 e. The lowest BCUT2D eigenvalue weighted by Crippen LogP contribution is -2.30. The Balaban J connectivity index is 4.32. The van der Waals surface area contributed by atoms with Crippen LogP contribution in [-0.2, 0) is 23.8 Å². The molecule has 0 bridgehead atoms. The molecular weight excluding hydrogens is 765 g/mol. The molecule has 0 saturated carbocycles. The van der Waals surface area contributed by atoms with Gasteiger partial charge in [0.15, 0.2) is 6.10 Å². The van der Waals surface area contributed by atoms with Crippen molar-refractivity contribution in [3.8, 4) is 0 Å². The van der Waals surface area contributed by atoms with E-state index in [0.29, 0.717) is 25.9 Å². The molecule has 0 aromatic heterocycles. The van der Waals surface area contributed by atoms with E-state index in [1.165, 1.54) is 148 Å². The number of allylic oxidation sites excluding steroid dienone is 12. The molecule has 0 heterocycles. The van der Waals surface area contributed by atoms with Gasteiger partial charge in [-0.05, 0) is 77.0 Å². The molecule has 0 rings (SSSR count). The van der Waals surface area contributed by atoms with E-state index in [9.17, 15) is 9.59 Å². The van der Waals surface area contributed by atoms with Gasteiger partial charge in [-0.2, -0.15) is 0 Å². The monoisotopic (exact) mass is 865 g/mol. The summed E-state index contributed by atoms with van der Waals surface area (Å²) in [6.45, 7) is 7.63. The molecule has 62 heavy (non-hydrogen) atoms. The second kappa shape index (κ2) is 52.7. The molecule has 0 spiro atoms. The minimum absolute atomic E-state index is 0.0528. The third kappa shape index (κ3) is 50.0. The lowest BCUT2D eigenvalue weighted by Gasteiger charge is -2.18. The fourth-order valence-electron chi connectivity index (χ4n) is 7.32. The summed E-state index contributed by atoms with van der Waals surface area (Å²) in [4.78, 5) is 25.4. The third-order valence-corrected chi connectivity index (χ3v) is 11.2. The number of carbonyl (C=O) groups excluding carboxylic acids is 2. The molecule has 0 aromatic carbocycles. The first-order valence-corrected chi connectivity index (χ1v) is 26.5. The first-order valence-electron chi connectivity index (χ1n) is 26.5. The molecule has 0 aliphatic carbocycles. The maximum atomic E-state index is 12.8. The molecule has 0 aliphatic heterocycles. The highest BCUT2D eigenvalue weighted by molar-refractivity contribution is 5.70. The van der Waals surface area contributed by atoms with E-state index in [-0.39, 0.29) is 25.2 Å². The van der Waals surface area contributed by atoms with E-state index in [0.717, 1.165) is 64.2 Å². The van der Waals surface area contributed by atoms with E-state index in [2.05, 4.69) is 87.6 Å². The van der Waals surface area contributed by atoms with Crippen molar-refractivity contribution in [1.29, 1.82) is 0 Å². The van der Waals surface area contributed by atoms with Gasteiger partial charge in [0.1, 0.15) is 6.61 Å². The van der Waals surface area contributed by atoms with Crippen LogP contribution in [0.25, 0.3) is 0 Å². The average Bonchev–Trinajstić information content (AvgIpc) is 3.27. The summed E-state index contributed by atoms with van der Waals surface area (Å²) in [5, 5.41) is 0. The molecule has 1 unspecified atom stereocenters. The Bertz CT molecular complexity index is 1110. The summed E-state index contributed by atoms with van der Waals surface area (Å²) in [5.41, 5.74) is 0. The van der Waals surface area contributed by atoms with Crippen LogP contribution in [0.5, 0.6) is 0 Å². The van der Waals surface area contributed by atoms with E-state index in [4.69, 9.17) is 14.2 Å². The van der Waals surface area contributed by atoms with E-state index < -0.39 is 6.10 Å². The number of carbonyl (C=O) groups is 2. The smallest absolute Gasteiger partial charge is 0.306 e. The standard InChI is InChI=1S/C57H100O5/c1-4-7-10-13-16-19-22-25-27-29-30-33-35-38-41-44-47-50-56(58)61-54-55(62-57(59)51-48-45-42-39-36-32-24-21-18-15-12-9-6-3)53-60-52-49-46-43-40-37-34-31-28-26-23-20-17-14-11-8-5-2/h9,12,16,18-19,21,25,27,32,36,42,45,55H,4-8,10-11,13-15,17,20,22-24,26,28-31,33-35,37-41,43-44,46-54H2,1-3H3/b12-9-,19-16-,21-18-,27-25-,36-32-,45-42-. The van der Waals surface area contributed by atoms with Gasteiger partial charge in [-0.3, -0.25) is 9.59 Å². The van der Waals surface area contributed by atoms with Gasteiger partial charge in [-0.1, -0.05) is 235 Å². The van der Waals surface area contributed by atoms with Crippen LogP contribution in [0.2, 0.25) is 0 Å². The average molecular weight is 865 g/mol. The SMILES string of the molecule is CC/C=C\C/C=C\C/C=C\C/C=C\CCC(=O)OC(COCCCCCCCCCCCCCCCCCC)COC(=O)CCCCCCCCC/C=C\C/C=C\CCCCC. The van der Waals surface area contributed by atoms with Crippen LogP contribution in [-0.4, -0.2) is 37.9 Å². The minimum Gasteiger partial charge on any atom is -0.462 e. The van der Waals surface area contributed by atoms with Crippen molar-refractivity contribution in [3.63, 3.8) is 0 Å². The van der Waals surface area contributed by atoms with Crippen molar-refractivity contribution in [2.24, 2.45) is 0 Å². The van der Waals surface area contributed by atoms with Gasteiger partial charge in [0.25, 0.3) is 0 Å². The predicted molar refractivity (Wildman–Crippen MR) is 270 cm³/mol. The summed E-state index contributed by atoms with van der Waals surface area (Å²) < 4.78 is 17.3. The van der Waals surface area contributed by atoms with Gasteiger partial charge < -0.3 is 14.2 Å². The van der Waals surface area contributed by atoms with Crippen LogP contribution in [0.1, 0.15) is 252 Å². The lowest BCUT2D eigenvalue weighted by atomic mass is 10.0. The fourth-order valence-corrected chi connectivity index (χ4v) is 7.32. The predicted octanol–water partition coefficient (Wildman–Crippen LogP) is 17.9. The van der Waals surface area contributed by atoms with Gasteiger partial charge in [0, 0.05) is 19.4 Å². The quantitative estimate of drug-likeness (QED) is 0.0346.